The molecule has 1 saturated carbocycles. The molecule has 3 aliphatic carbocycles. The van der Waals surface area contributed by atoms with Crippen LogP contribution >= 0.6 is 0 Å². The molecule has 1 saturated heterocycles. The van der Waals surface area contributed by atoms with E-state index < -0.39 is 11.2 Å². The first-order valence-corrected chi connectivity index (χ1v) is 7.79. The number of methoxy groups -OCH3 is 1. The SMILES string of the molecule is CO[C@@]12C=C(C)[C@@H](CC1)C[C@@]2(O)CCCC1OCCO1. The fraction of sp³-hybridized carbons (Fsp3) is 0.875. The van der Waals surface area contributed by atoms with Crippen molar-refractivity contribution >= 4 is 0 Å². The Morgan fingerprint density at radius 1 is 1.40 bits per heavy atom. The summed E-state index contributed by atoms with van der Waals surface area (Å²) in [6.07, 6.45) is 7.51. The maximum absolute atomic E-state index is 11.2. The first-order valence-electron chi connectivity index (χ1n) is 7.79. The van der Waals surface area contributed by atoms with Gasteiger partial charge in [-0.3, -0.25) is 0 Å². The Labute approximate surface area is 121 Å². The highest BCUT2D eigenvalue weighted by Crippen LogP contribution is 2.52. The molecule has 1 N–H and O–H groups in total. The second kappa shape index (κ2) is 5.41. The number of rotatable bonds is 5. The van der Waals surface area contributed by atoms with Crippen molar-refractivity contribution in [3.8, 4) is 0 Å². The van der Waals surface area contributed by atoms with Gasteiger partial charge in [-0.1, -0.05) is 11.6 Å². The van der Waals surface area contributed by atoms with Gasteiger partial charge < -0.3 is 19.3 Å². The summed E-state index contributed by atoms with van der Waals surface area (Å²) < 4.78 is 16.7. The van der Waals surface area contributed by atoms with Crippen molar-refractivity contribution in [2.24, 2.45) is 5.92 Å². The van der Waals surface area contributed by atoms with Gasteiger partial charge in [0, 0.05) is 7.11 Å². The predicted molar refractivity (Wildman–Crippen MR) is 75.3 cm³/mol. The number of hydrogen-bond donors (Lipinski definition) is 1. The van der Waals surface area contributed by atoms with Gasteiger partial charge in [-0.15, -0.1) is 0 Å². The molecule has 2 fully saturated rings. The highest BCUT2D eigenvalue weighted by molar-refractivity contribution is 5.28. The monoisotopic (exact) mass is 282 g/mol. The van der Waals surface area contributed by atoms with Gasteiger partial charge in [0.15, 0.2) is 6.29 Å². The zero-order valence-electron chi connectivity index (χ0n) is 12.6. The summed E-state index contributed by atoms with van der Waals surface area (Å²) in [5.74, 6) is 0.524. The lowest BCUT2D eigenvalue weighted by atomic mass is 9.59. The topological polar surface area (TPSA) is 47.9 Å². The van der Waals surface area contributed by atoms with Gasteiger partial charge >= 0.3 is 0 Å². The van der Waals surface area contributed by atoms with Crippen LogP contribution < -0.4 is 0 Å². The average molecular weight is 282 g/mol. The molecule has 4 aliphatic rings. The molecule has 4 rings (SSSR count). The molecule has 0 spiro atoms. The van der Waals surface area contributed by atoms with E-state index in [4.69, 9.17) is 14.2 Å². The maximum Gasteiger partial charge on any atom is 0.157 e. The largest absolute Gasteiger partial charge is 0.387 e. The summed E-state index contributed by atoms with van der Waals surface area (Å²) >= 11 is 0. The Balaban J connectivity index is 1.65. The van der Waals surface area contributed by atoms with Crippen LogP contribution in [0.2, 0.25) is 0 Å². The fourth-order valence-electron chi connectivity index (χ4n) is 4.18. The first-order chi connectivity index (χ1) is 9.59. The summed E-state index contributed by atoms with van der Waals surface area (Å²) in [6.45, 7) is 3.55. The van der Waals surface area contributed by atoms with E-state index in [1.54, 1.807) is 7.11 Å². The number of ether oxygens (including phenoxy) is 3. The van der Waals surface area contributed by atoms with Crippen molar-refractivity contribution < 1.29 is 19.3 Å². The summed E-state index contributed by atoms with van der Waals surface area (Å²) in [6, 6.07) is 0. The summed E-state index contributed by atoms with van der Waals surface area (Å²) in [4.78, 5) is 0. The van der Waals surface area contributed by atoms with Gasteiger partial charge in [-0.2, -0.15) is 0 Å². The smallest absolute Gasteiger partial charge is 0.157 e. The van der Waals surface area contributed by atoms with Crippen molar-refractivity contribution in [3.63, 3.8) is 0 Å². The Morgan fingerprint density at radius 3 is 2.80 bits per heavy atom. The fourth-order valence-corrected chi connectivity index (χ4v) is 4.18. The van der Waals surface area contributed by atoms with Crippen molar-refractivity contribution in [2.45, 2.75) is 62.9 Å². The lowest BCUT2D eigenvalue weighted by Gasteiger charge is -2.54. The Bertz CT molecular complexity index is 388. The Hall–Kier alpha value is -0.420. The molecular formula is C16H26O4. The molecule has 0 aromatic carbocycles. The van der Waals surface area contributed by atoms with E-state index in [9.17, 15) is 5.11 Å². The highest BCUT2D eigenvalue weighted by atomic mass is 16.7. The minimum atomic E-state index is -0.733. The molecule has 4 nitrogen and oxygen atoms in total. The van der Waals surface area contributed by atoms with E-state index in [1.807, 2.05) is 0 Å². The molecule has 2 bridgehead atoms. The number of hydrogen-bond acceptors (Lipinski definition) is 4. The molecule has 3 atom stereocenters. The van der Waals surface area contributed by atoms with Crippen molar-refractivity contribution in [2.75, 3.05) is 20.3 Å². The highest BCUT2D eigenvalue weighted by Gasteiger charge is 2.56. The average Bonchev–Trinajstić information content (AvgIpc) is 2.94. The summed E-state index contributed by atoms with van der Waals surface area (Å²) in [5.41, 5.74) is 0.164. The van der Waals surface area contributed by atoms with E-state index in [2.05, 4.69) is 13.0 Å². The third-order valence-electron chi connectivity index (χ3n) is 5.43. The van der Waals surface area contributed by atoms with Crippen LogP contribution in [-0.2, 0) is 14.2 Å². The molecule has 20 heavy (non-hydrogen) atoms. The van der Waals surface area contributed by atoms with Gasteiger partial charge in [0.05, 0.1) is 18.8 Å². The van der Waals surface area contributed by atoms with Crippen LogP contribution in [0.25, 0.3) is 0 Å². The van der Waals surface area contributed by atoms with Gasteiger partial charge in [-0.25, -0.2) is 0 Å². The van der Waals surface area contributed by atoms with E-state index in [-0.39, 0.29) is 6.29 Å². The van der Waals surface area contributed by atoms with Gasteiger partial charge in [-0.05, 0) is 51.4 Å². The van der Waals surface area contributed by atoms with Crippen LogP contribution in [0.5, 0.6) is 0 Å². The first kappa shape index (κ1) is 14.5. The van der Waals surface area contributed by atoms with Crippen LogP contribution in [0, 0.1) is 5.92 Å². The van der Waals surface area contributed by atoms with Crippen molar-refractivity contribution in [1.29, 1.82) is 0 Å². The zero-order chi connectivity index (χ0) is 14.2. The van der Waals surface area contributed by atoms with Crippen LogP contribution in [0.3, 0.4) is 0 Å². The van der Waals surface area contributed by atoms with Crippen LogP contribution in [0.15, 0.2) is 11.6 Å². The van der Waals surface area contributed by atoms with E-state index in [1.165, 1.54) is 5.57 Å². The normalized spacial score (nSPS) is 41.1. The van der Waals surface area contributed by atoms with E-state index >= 15 is 0 Å². The third kappa shape index (κ3) is 2.33. The molecule has 4 heteroatoms. The quantitative estimate of drug-likeness (QED) is 0.787. The van der Waals surface area contributed by atoms with Gasteiger partial charge in [0.1, 0.15) is 5.60 Å². The van der Waals surface area contributed by atoms with Crippen molar-refractivity contribution in [3.05, 3.63) is 11.6 Å². The Kier molecular flexibility index (Phi) is 3.93. The van der Waals surface area contributed by atoms with Gasteiger partial charge in [0.2, 0.25) is 0 Å². The molecule has 114 valence electrons. The minimum absolute atomic E-state index is 0.0739. The number of allylic oxidation sites excluding steroid dienone is 1. The summed E-state index contributed by atoms with van der Waals surface area (Å²) in [5, 5.41) is 11.2. The second-order valence-corrected chi connectivity index (χ2v) is 6.52. The zero-order valence-corrected chi connectivity index (χ0v) is 12.6. The molecular weight excluding hydrogens is 256 g/mol. The molecule has 1 heterocycles. The van der Waals surface area contributed by atoms with Crippen molar-refractivity contribution in [1.82, 2.24) is 0 Å². The lowest BCUT2D eigenvalue weighted by molar-refractivity contribution is -0.186. The van der Waals surface area contributed by atoms with E-state index in [0.29, 0.717) is 19.1 Å². The third-order valence-corrected chi connectivity index (χ3v) is 5.43. The number of aliphatic hydroxyl groups is 1. The van der Waals surface area contributed by atoms with Crippen LogP contribution in [0.1, 0.15) is 45.4 Å². The number of fused-ring (bicyclic) bond motifs is 2. The molecule has 0 radical (unpaired) electrons. The standard InChI is InChI=1S/C16H26O4/c1-12-10-16(18-2)7-5-13(12)11-15(16,17)6-3-4-14-19-8-9-20-14/h10,13-14,17H,3-9,11H2,1-2H3/t13-,15-,16+/m0/s1. The summed E-state index contributed by atoms with van der Waals surface area (Å²) in [7, 11) is 1.73. The second-order valence-electron chi connectivity index (χ2n) is 6.52. The maximum atomic E-state index is 11.2. The molecule has 1 aliphatic heterocycles. The van der Waals surface area contributed by atoms with Crippen LogP contribution in [-0.4, -0.2) is 42.9 Å². The van der Waals surface area contributed by atoms with E-state index in [0.717, 1.165) is 38.5 Å². The van der Waals surface area contributed by atoms with Crippen LogP contribution in [0.4, 0.5) is 0 Å². The molecule has 0 aromatic rings. The van der Waals surface area contributed by atoms with Gasteiger partial charge in [0.25, 0.3) is 0 Å². The molecule has 0 unspecified atom stereocenters. The molecule has 0 aromatic heterocycles. The minimum Gasteiger partial charge on any atom is -0.387 e. The lowest BCUT2D eigenvalue weighted by Crippen LogP contribution is -2.60. The Morgan fingerprint density at radius 2 is 2.15 bits per heavy atom. The predicted octanol–water partition coefficient (Wildman–Crippen LogP) is 2.41. The molecule has 0 amide bonds.